The zero-order valence-electron chi connectivity index (χ0n) is 11.6. The van der Waals surface area contributed by atoms with Gasteiger partial charge in [-0.3, -0.25) is 0 Å². The normalized spacial score (nSPS) is 13.0. The molecule has 0 radical (unpaired) electrons. The van der Waals surface area contributed by atoms with Crippen molar-refractivity contribution >= 4 is 23.3 Å². The van der Waals surface area contributed by atoms with Gasteiger partial charge < -0.3 is 0 Å². The van der Waals surface area contributed by atoms with E-state index < -0.39 is 8.46 Å². The van der Waals surface area contributed by atoms with Crippen molar-refractivity contribution in [2.24, 2.45) is 0 Å². The molecule has 0 aliphatic carbocycles. The van der Waals surface area contributed by atoms with Crippen molar-refractivity contribution in [3.8, 4) is 0 Å². The van der Waals surface area contributed by atoms with Crippen LogP contribution < -0.4 is 0 Å². The summed E-state index contributed by atoms with van der Waals surface area (Å²) in [5.74, 6) is 4.37. The number of rotatable bonds is 11. The monoisotopic (exact) mass is 310 g/mol. The maximum absolute atomic E-state index is 4.12. The Bertz CT molecular complexity index is 140. The lowest BCUT2D eigenvalue weighted by molar-refractivity contribution is 0.704. The number of hydrogen-bond acceptors (Lipinski definition) is 0. The van der Waals surface area contributed by atoms with Gasteiger partial charge in [0, 0.05) is 0 Å². The van der Waals surface area contributed by atoms with Crippen molar-refractivity contribution in [1.82, 2.24) is 0 Å². The fourth-order valence-electron chi connectivity index (χ4n) is 1.90. The summed E-state index contributed by atoms with van der Waals surface area (Å²) in [6.07, 6.45) is 11.2. The molecule has 0 spiro atoms. The molecule has 0 atom stereocenters. The first-order valence-corrected chi connectivity index (χ1v) is 11.1. The Morgan fingerprint density at radius 2 is 1.06 bits per heavy atom. The van der Waals surface area contributed by atoms with Crippen LogP contribution in [0.2, 0.25) is 0 Å². The summed E-state index contributed by atoms with van der Waals surface area (Å²) in [5, 5.41) is 0. The summed E-state index contributed by atoms with van der Waals surface area (Å²) < 4.78 is 0. The average molecular weight is 311 g/mol. The zero-order valence-corrected chi connectivity index (χ0v) is 14.0. The highest BCUT2D eigenvalue weighted by atomic mass is 79.9. The molecule has 0 heterocycles. The van der Waals surface area contributed by atoms with Gasteiger partial charge in [0.1, 0.15) is 0 Å². The molecule has 0 N–H and O–H groups in total. The smallest absolute Gasteiger partial charge is 0.0136 e. The maximum atomic E-state index is 4.12. The van der Waals surface area contributed by atoms with Crippen LogP contribution in [0.25, 0.3) is 0 Å². The van der Waals surface area contributed by atoms with E-state index in [1.807, 2.05) is 0 Å². The van der Waals surface area contributed by atoms with Crippen molar-refractivity contribution in [1.29, 1.82) is 0 Å². The SMILES string of the molecule is CCCCCCS(Br)(CCCC)CCCC. The fourth-order valence-corrected chi connectivity index (χ4v) is 6.91. The highest BCUT2D eigenvalue weighted by Crippen LogP contribution is 2.57. The number of halogens is 1. The van der Waals surface area contributed by atoms with Crippen LogP contribution >= 0.6 is 23.3 Å². The predicted molar refractivity (Wildman–Crippen MR) is 85.1 cm³/mol. The van der Waals surface area contributed by atoms with Gasteiger partial charge in [-0.15, -0.1) is 0 Å². The Balaban J connectivity index is 3.86. The first kappa shape index (κ1) is 16.8. The van der Waals surface area contributed by atoms with E-state index in [4.69, 9.17) is 0 Å². The Labute approximate surface area is 112 Å². The Kier molecular flexibility index (Phi) is 11.5. The molecule has 0 aromatic rings. The third kappa shape index (κ3) is 8.92. The maximum Gasteiger partial charge on any atom is -0.0136 e. The van der Waals surface area contributed by atoms with Crippen molar-refractivity contribution in [3.63, 3.8) is 0 Å². The Hall–Kier alpha value is 0.830. The topological polar surface area (TPSA) is 0 Å². The summed E-state index contributed by atoms with van der Waals surface area (Å²) in [4.78, 5) is 0. The summed E-state index contributed by atoms with van der Waals surface area (Å²) in [6, 6.07) is 0. The highest BCUT2D eigenvalue weighted by Gasteiger charge is 2.18. The van der Waals surface area contributed by atoms with Crippen LogP contribution in [-0.4, -0.2) is 17.3 Å². The van der Waals surface area contributed by atoms with E-state index in [0.717, 1.165) is 0 Å². The standard InChI is InChI=1S/C14H31BrS/c1-4-7-10-11-14-16(15,12-8-5-2)13-9-6-3/h4-14H2,1-3H3. The molecule has 2 heteroatoms. The molecular weight excluding hydrogens is 280 g/mol. The molecule has 0 aromatic heterocycles. The fraction of sp³-hybridized carbons (Fsp3) is 1.00. The molecule has 0 nitrogen and oxygen atoms in total. The molecule has 100 valence electrons. The van der Waals surface area contributed by atoms with E-state index in [9.17, 15) is 0 Å². The minimum absolute atomic E-state index is 0.431. The predicted octanol–water partition coefficient (Wildman–Crippen LogP) is 6.28. The molecule has 0 rings (SSSR count). The minimum Gasteiger partial charge on any atom is -0.183 e. The molecule has 0 aliphatic rings. The lowest BCUT2D eigenvalue weighted by Crippen LogP contribution is -2.07. The van der Waals surface area contributed by atoms with Crippen LogP contribution in [0.4, 0.5) is 0 Å². The third-order valence-corrected chi connectivity index (χ3v) is 9.07. The summed E-state index contributed by atoms with van der Waals surface area (Å²) in [6.45, 7) is 6.91. The van der Waals surface area contributed by atoms with Crippen LogP contribution in [0.15, 0.2) is 0 Å². The van der Waals surface area contributed by atoms with Gasteiger partial charge in [0.05, 0.1) is 0 Å². The average Bonchev–Trinajstić information content (AvgIpc) is 2.30. The highest BCUT2D eigenvalue weighted by molar-refractivity contribution is 9.58. The van der Waals surface area contributed by atoms with Crippen molar-refractivity contribution < 1.29 is 0 Å². The number of unbranched alkanes of at least 4 members (excludes halogenated alkanes) is 5. The molecule has 0 aromatic carbocycles. The largest absolute Gasteiger partial charge is 0.183 e. The summed E-state index contributed by atoms with van der Waals surface area (Å²) in [7, 11) is -0.431. The second-order valence-corrected chi connectivity index (χ2v) is 12.0. The zero-order chi connectivity index (χ0) is 12.3. The van der Waals surface area contributed by atoms with Crippen molar-refractivity contribution in [2.45, 2.75) is 72.1 Å². The van der Waals surface area contributed by atoms with Crippen LogP contribution in [-0.2, 0) is 0 Å². The molecular formula is C14H31BrS. The molecule has 0 amide bonds. The van der Waals surface area contributed by atoms with Crippen molar-refractivity contribution in [3.05, 3.63) is 0 Å². The van der Waals surface area contributed by atoms with E-state index in [1.165, 1.54) is 68.6 Å². The van der Waals surface area contributed by atoms with Gasteiger partial charge in [-0.05, 0) is 51.3 Å². The summed E-state index contributed by atoms with van der Waals surface area (Å²) in [5.41, 5.74) is 0. The second kappa shape index (κ2) is 11.0. The second-order valence-electron chi connectivity index (χ2n) is 4.82. The molecule has 16 heavy (non-hydrogen) atoms. The first-order valence-electron chi connectivity index (χ1n) is 7.14. The molecule has 0 saturated carbocycles. The Morgan fingerprint density at radius 3 is 1.50 bits per heavy atom. The van der Waals surface area contributed by atoms with Crippen molar-refractivity contribution in [2.75, 3.05) is 17.3 Å². The molecule has 0 saturated heterocycles. The van der Waals surface area contributed by atoms with Crippen LogP contribution in [0, 0.1) is 0 Å². The van der Waals surface area contributed by atoms with Crippen LogP contribution in [0.3, 0.4) is 0 Å². The molecule has 0 unspecified atom stereocenters. The van der Waals surface area contributed by atoms with Gasteiger partial charge in [-0.25, -0.2) is 0 Å². The quantitative estimate of drug-likeness (QED) is 0.394. The van der Waals surface area contributed by atoms with Crippen LogP contribution in [0.1, 0.15) is 72.1 Å². The van der Waals surface area contributed by atoms with Gasteiger partial charge in [-0.2, -0.15) is 8.46 Å². The van der Waals surface area contributed by atoms with Crippen LogP contribution in [0.5, 0.6) is 0 Å². The van der Waals surface area contributed by atoms with Gasteiger partial charge in [0.15, 0.2) is 0 Å². The van der Waals surface area contributed by atoms with Gasteiger partial charge >= 0.3 is 0 Å². The summed E-state index contributed by atoms with van der Waals surface area (Å²) >= 11 is 4.12. The van der Waals surface area contributed by atoms with E-state index >= 15 is 0 Å². The van der Waals surface area contributed by atoms with Gasteiger partial charge in [0.25, 0.3) is 0 Å². The lowest BCUT2D eigenvalue weighted by Gasteiger charge is -2.33. The van der Waals surface area contributed by atoms with E-state index in [1.54, 1.807) is 0 Å². The van der Waals surface area contributed by atoms with E-state index in [2.05, 4.69) is 35.6 Å². The molecule has 0 bridgehead atoms. The molecule has 0 fully saturated rings. The number of hydrogen-bond donors (Lipinski definition) is 0. The lowest BCUT2D eigenvalue weighted by atomic mass is 10.2. The van der Waals surface area contributed by atoms with Gasteiger partial charge in [0.2, 0.25) is 0 Å². The first-order chi connectivity index (χ1) is 7.68. The minimum atomic E-state index is -0.431. The Morgan fingerprint density at radius 1 is 0.625 bits per heavy atom. The van der Waals surface area contributed by atoms with E-state index in [0.29, 0.717) is 0 Å². The van der Waals surface area contributed by atoms with E-state index in [-0.39, 0.29) is 0 Å². The molecule has 0 aliphatic heterocycles. The van der Waals surface area contributed by atoms with Gasteiger partial charge in [-0.1, -0.05) is 52.9 Å². The third-order valence-electron chi connectivity index (χ3n) is 3.09.